The van der Waals surface area contributed by atoms with Gasteiger partial charge in [0.2, 0.25) is 5.95 Å². The van der Waals surface area contributed by atoms with Gasteiger partial charge < -0.3 is 5.32 Å². The summed E-state index contributed by atoms with van der Waals surface area (Å²) in [6, 6.07) is 20.7. The molecule has 2 aromatic heterocycles. The van der Waals surface area contributed by atoms with Gasteiger partial charge >= 0.3 is 0 Å². The van der Waals surface area contributed by atoms with Crippen LogP contribution in [0.5, 0.6) is 0 Å². The molecule has 0 bridgehead atoms. The van der Waals surface area contributed by atoms with Crippen LogP contribution in [0.4, 0.5) is 5.95 Å². The van der Waals surface area contributed by atoms with E-state index in [0.29, 0.717) is 5.95 Å². The number of nitrogens with zero attached hydrogens (tertiary/aromatic N) is 3. The van der Waals surface area contributed by atoms with Gasteiger partial charge in [-0.1, -0.05) is 42.5 Å². The first-order valence-electron chi connectivity index (χ1n) is 8.33. The summed E-state index contributed by atoms with van der Waals surface area (Å²) in [7, 11) is 0. The second-order valence-corrected chi connectivity index (χ2v) is 5.87. The Labute approximate surface area is 146 Å². The summed E-state index contributed by atoms with van der Waals surface area (Å²) < 4.78 is 0. The summed E-state index contributed by atoms with van der Waals surface area (Å²) in [4.78, 5) is 13.1. The summed E-state index contributed by atoms with van der Waals surface area (Å²) in [6.07, 6.45) is 6.35. The van der Waals surface area contributed by atoms with Crippen LogP contribution in [-0.4, -0.2) is 21.5 Å². The van der Waals surface area contributed by atoms with Crippen LogP contribution in [0, 0.1) is 0 Å². The van der Waals surface area contributed by atoms with Crippen LogP contribution in [0.2, 0.25) is 0 Å². The summed E-state index contributed by atoms with van der Waals surface area (Å²) in [6.45, 7) is 0.771. The van der Waals surface area contributed by atoms with Crippen LogP contribution in [0.15, 0.2) is 79.3 Å². The van der Waals surface area contributed by atoms with Crippen LogP contribution in [0.1, 0.15) is 5.56 Å². The molecule has 1 N–H and O–H groups in total. The molecule has 4 aromatic rings. The fourth-order valence-electron chi connectivity index (χ4n) is 2.82. The third kappa shape index (κ3) is 3.63. The Hall–Kier alpha value is -3.27. The maximum atomic E-state index is 4.64. The van der Waals surface area contributed by atoms with Gasteiger partial charge in [-0.05, 0) is 41.0 Å². The van der Waals surface area contributed by atoms with Crippen molar-refractivity contribution in [1.29, 1.82) is 0 Å². The highest BCUT2D eigenvalue weighted by molar-refractivity contribution is 5.86. The van der Waals surface area contributed by atoms with Gasteiger partial charge in [0, 0.05) is 30.7 Å². The Bertz CT molecular complexity index is 983. The maximum absolute atomic E-state index is 4.64. The minimum Gasteiger partial charge on any atom is -0.354 e. The summed E-state index contributed by atoms with van der Waals surface area (Å²) in [5.41, 5.74) is 3.21. The number of rotatable bonds is 5. The van der Waals surface area contributed by atoms with Gasteiger partial charge in [0.1, 0.15) is 0 Å². The molecule has 0 aliphatic rings. The van der Waals surface area contributed by atoms with E-state index in [0.717, 1.165) is 24.2 Å². The SMILES string of the molecule is c1cncc(CCNc2nccc(-c3ccc4ccccc4c3)n2)c1. The van der Waals surface area contributed by atoms with E-state index in [4.69, 9.17) is 0 Å². The lowest BCUT2D eigenvalue weighted by atomic mass is 10.1. The monoisotopic (exact) mass is 326 g/mol. The fraction of sp³-hybridized carbons (Fsp3) is 0.0952. The molecule has 0 amide bonds. The first-order valence-corrected chi connectivity index (χ1v) is 8.33. The minimum atomic E-state index is 0.648. The molecular formula is C21H18N4. The summed E-state index contributed by atoms with van der Waals surface area (Å²) >= 11 is 0. The molecule has 0 fully saturated rings. The van der Waals surface area contributed by atoms with E-state index in [2.05, 4.69) is 68.8 Å². The van der Waals surface area contributed by atoms with Crippen LogP contribution >= 0.6 is 0 Å². The molecule has 0 radical (unpaired) electrons. The number of hydrogen-bond acceptors (Lipinski definition) is 4. The molecule has 0 aliphatic carbocycles. The fourth-order valence-corrected chi connectivity index (χ4v) is 2.82. The molecule has 25 heavy (non-hydrogen) atoms. The molecule has 0 spiro atoms. The van der Waals surface area contributed by atoms with Crippen molar-refractivity contribution in [2.24, 2.45) is 0 Å². The van der Waals surface area contributed by atoms with E-state index in [1.54, 1.807) is 12.4 Å². The van der Waals surface area contributed by atoms with Crippen molar-refractivity contribution < 1.29 is 0 Å². The largest absolute Gasteiger partial charge is 0.354 e. The summed E-state index contributed by atoms with van der Waals surface area (Å²) in [5.74, 6) is 0.648. The lowest BCUT2D eigenvalue weighted by Gasteiger charge is -2.07. The number of aromatic nitrogens is 3. The number of pyridine rings is 1. The first-order chi connectivity index (χ1) is 12.4. The molecule has 2 aromatic carbocycles. The Morgan fingerprint density at radius 2 is 1.76 bits per heavy atom. The van der Waals surface area contributed by atoms with Gasteiger partial charge in [-0.25, -0.2) is 9.97 Å². The van der Waals surface area contributed by atoms with Gasteiger partial charge in [-0.15, -0.1) is 0 Å². The quantitative estimate of drug-likeness (QED) is 0.592. The molecule has 122 valence electrons. The lowest BCUT2D eigenvalue weighted by Crippen LogP contribution is -2.08. The van der Waals surface area contributed by atoms with E-state index in [9.17, 15) is 0 Å². The summed E-state index contributed by atoms with van der Waals surface area (Å²) in [5, 5.41) is 5.73. The van der Waals surface area contributed by atoms with Crippen molar-refractivity contribution in [3.63, 3.8) is 0 Å². The predicted octanol–water partition coefficient (Wildman–Crippen LogP) is 4.35. The zero-order chi connectivity index (χ0) is 16.9. The Balaban J connectivity index is 1.50. The smallest absolute Gasteiger partial charge is 0.223 e. The predicted molar refractivity (Wildman–Crippen MR) is 101 cm³/mol. The Morgan fingerprint density at radius 1 is 0.840 bits per heavy atom. The second kappa shape index (κ2) is 7.09. The van der Waals surface area contributed by atoms with Crippen LogP contribution in [0.3, 0.4) is 0 Å². The number of fused-ring (bicyclic) bond motifs is 1. The van der Waals surface area contributed by atoms with Gasteiger partial charge in [0.15, 0.2) is 0 Å². The van der Waals surface area contributed by atoms with Crippen molar-refractivity contribution in [2.75, 3.05) is 11.9 Å². The highest BCUT2D eigenvalue weighted by Crippen LogP contribution is 2.23. The second-order valence-electron chi connectivity index (χ2n) is 5.87. The first kappa shape index (κ1) is 15.3. The molecular weight excluding hydrogens is 308 g/mol. The normalized spacial score (nSPS) is 10.7. The average Bonchev–Trinajstić information content (AvgIpc) is 2.69. The van der Waals surface area contributed by atoms with Gasteiger partial charge in [0.25, 0.3) is 0 Å². The highest BCUT2D eigenvalue weighted by Gasteiger charge is 2.03. The third-order valence-corrected chi connectivity index (χ3v) is 4.12. The zero-order valence-electron chi connectivity index (χ0n) is 13.8. The van der Waals surface area contributed by atoms with Crippen LogP contribution in [-0.2, 0) is 6.42 Å². The molecule has 0 saturated carbocycles. The molecule has 4 rings (SSSR count). The van der Waals surface area contributed by atoms with E-state index in [-0.39, 0.29) is 0 Å². The van der Waals surface area contributed by atoms with E-state index in [1.165, 1.54) is 16.3 Å². The molecule has 0 aliphatic heterocycles. The topological polar surface area (TPSA) is 50.7 Å². The number of nitrogens with one attached hydrogen (secondary N) is 1. The molecule has 0 saturated heterocycles. The van der Waals surface area contributed by atoms with Crippen molar-refractivity contribution in [2.45, 2.75) is 6.42 Å². The Kier molecular flexibility index (Phi) is 4.33. The van der Waals surface area contributed by atoms with Gasteiger partial charge in [0.05, 0.1) is 5.69 Å². The van der Waals surface area contributed by atoms with Crippen LogP contribution < -0.4 is 5.32 Å². The molecule has 2 heterocycles. The lowest BCUT2D eigenvalue weighted by molar-refractivity contribution is 0.975. The molecule has 0 unspecified atom stereocenters. The van der Waals surface area contributed by atoms with Gasteiger partial charge in [-0.3, -0.25) is 4.98 Å². The minimum absolute atomic E-state index is 0.648. The van der Waals surface area contributed by atoms with Gasteiger partial charge in [-0.2, -0.15) is 0 Å². The van der Waals surface area contributed by atoms with Crippen molar-refractivity contribution in [3.05, 3.63) is 84.8 Å². The third-order valence-electron chi connectivity index (χ3n) is 4.12. The van der Waals surface area contributed by atoms with Crippen LogP contribution in [0.25, 0.3) is 22.0 Å². The van der Waals surface area contributed by atoms with E-state index in [1.807, 2.05) is 18.3 Å². The zero-order valence-corrected chi connectivity index (χ0v) is 13.8. The van der Waals surface area contributed by atoms with Crippen molar-refractivity contribution in [3.8, 4) is 11.3 Å². The standard InChI is InChI=1S/C21H18N4/c1-2-6-18-14-19(8-7-17(18)5-1)20-10-13-24-21(25-20)23-12-9-16-4-3-11-22-15-16/h1-8,10-11,13-15H,9,12H2,(H,23,24,25). The average molecular weight is 326 g/mol. The van der Waals surface area contributed by atoms with E-state index >= 15 is 0 Å². The maximum Gasteiger partial charge on any atom is 0.223 e. The molecule has 4 heteroatoms. The Morgan fingerprint density at radius 3 is 2.64 bits per heavy atom. The number of benzene rings is 2. The molecule has 0 atom stereocenters. The highest BCUT2D eigenvalue weighted by atomic mass is 15.1. The number of hydrogen-bond donors (Lipinski definition) is 1. The number of anilines is 1. The van der Waals surface area contributed by atoms with Crippen molar-refractivity contribution >= 4 is 16.7 Å². The molecule has 4 nitrogen and oxygen atoms in total. The van der Waals surface area contributed by atoms with E-state index < -0.39 is 0 Å². The van der Waals surface area contributed by atoms with Crippen molar-refractivity contribution in [1.82, 2.24) is 15.0 Å².